The van der Waals surface area contributed by atoms with Gasteiger partial charge in [0.2, 0.25) is 0 Å². The number of aromatic nitrogens is 2. The molecule has 2 aromatic rings. The number of benzene rings is 1. The average Bonchev–Trinajstić information content (AvgIpc) is 2.70. The van der Waals surface area contributed by atoms with E-state index < -0.39 is 0 Å². The van der Waals surface area contributed by atoms with Crippen LogP contribution in [0.2, 0.25) is 0 Å². The van der Waals surface area contributed by atoms with Gasteiger partial charge in [0.25, 0.3) is 5.91 Å². The molecular weight excluding hydrogens is 280 g/mol. The Kier molecular flexibility index (Phi) is 4.78. The fourth-order valence-electron chi connectivity index (χ4n) is 2.49. The second-order valence-corrected chi connectivity index (χ2v) is 5.92. The zero-order valence-electron chi connectivity index (χ0n) is 13.0. The van der Waals surface area contributed by atoms with Gasteiger partial charge in [-0.25, -0.2) is 0 Å². The van der Waals surface area contributed by atoms with Crippen molar-refractivity contribution in [2.75, 3.05) is 0 Å². The van der Waals surface area contributed by atoms with Gasteiger partial charge in [-0.2, -0.15) is 0 Å². The summed E-state index contributed by atoms with van der Waals surface area (Å²) < 4.78 is 4.26. The molecule has 0 saturated heterocycles. The maximum absolute atomic E-state index is 12.4. The molecule has 0 unspecified atom stereocenters. The van der Waals surface area contributed by atoms with Crippen molar-refractivity contribution in [2.24, 2.45) is 0 Å². The minimum atomic E-state index is -0.121. The summed E-state index contributed by atoms with van der Waals surface area (Å²) in [4.78, 5) is 12.4. The normalized spacial score (nSPS) is 11.0. The number of unbranched alkanes of at least 4 members (excludes halogenated alkanes) is 2. The minimum absolute atomic E-state index is 0.121. The molecule has 0 N–H and O–H groups in total. The van der Waals surface area contributed by atoms with Gasteiger partial charge in [-0.15, -0.1) is 0 Å². The highest BCUT2D eigenvalue weighted by Crippen LogP contribution is 2.21. The number of hydrogen-bond donors (Lipinski definition) is 0. The fourth-order valence-corrected chi connectivity index (χ4v) is 2.86. The molecule has 0 saturated carbocycles. The molecule has 0 aliphatic rings. The van der Waals surface area contributed by atoms with E-state index in [0.717, 1.165) is 42.4 Å². The number of aryl methyl sites for hydroxylation is 2. The molecule has 1 heterocycles. The van der Waals surface area contributed by atoms with Crippen LogP contribution in [0.3, 0.4) is 0 Å². The van der Waals surface area contributed by atoms with Crippen LogP contribution in [0.1, 0.15) is 43.5 Å². The SMILES string of the molecule is C=C(C)C(=O)n1c(=S)n(CCCCC)c2ccc(C)cc21. The Labute approximate surface area is 130 Å². The zero-order chi connectivity index (χ0) is 15.6. The van der Waals surface area contributed by atoms with Crippen LogP contribution in [-0.4, -0.2) is 15.0 Å². The Hall–Kier alpha value is -1.68. The Balaban J connectivity index is 2.64. The summed E-state index contributed by atoms with van der Waals surface area (Å²) in [5.41, 5.74) is 3.52. The van der Waals surface area contributed by atoms with Crippen LogP contribution in [0.25, 0.3) is 11.0 Å². The minimum Gasteiger partial charge on any atom is -0.316 e. The number of carbonyl (C=O) groups is 1. The molecule has 0 amide bonds. The molecule has 4 heteroatoms. The van der Waals surface area contributed by atoms with Crippen molar-refractivity contribution >= 4 is 29.2 Å². The lowest BCUT2D eigenvalue weighted by Crippen LogP contribution is -2.12. The van der Waals surface area contributed by atoms with Gasteiger partial charge in [-0.3, -0.25) is 9.36 Å². The molecule has 1 aromatic carbocycles. The summed E-state index contributed by atoms with van der Waals surface area (Å²) in [7, 11) is 0. The van der Waals surface area contributed by atoms with Crippen LogP contribution in [0.5, 0.6) is 0 Å². The number of allylic oxidation sites excluding steroid dienone is 1. The first-order chi connectivity index (χ1) is 9.97. The largest absolute Gasteiger partial charge is 0.316 e. The monoisotopic (exact) mass is 302 g/mol. The summed E-state index contributed by atoms with van der Waals surface area (Å²) in [6.45, 7) is 10.5. The van der Waals surface area contributed by atoms with Gasteiger partial charge in [0.15, 0.2) is 4.77 Å². The van der Waals surface area contributed by atoms with Crippen molar-refractivity contribution in [1.82, 2.24) is 9.13 Å². The van der Waals surface area contributed by atoms with E-state index in [1.54, 1.807) is 11.5 Å². The summed E-state index contributed by atoms with van der Waals surface area (Å²) in [5, 5.41) is 0. The van der Waals surface area contributed by atoms with Gasteiger partial charge >= 0.3 is 0 Å². The van der Waals surface area contributed by atoms with Crippen molar-refractivity contribution in [2.45, 2.75) is 46.6 Å². The molecule has 1 aromatic heterocycles. The molecule has 0 radical (unpaired) electrons. The van der Waals surface area contributed by atoms with E-state index in [0.29, 0.717) is 10.3 Å². The van der Waals surface area contributed by atoms with Crippen LogP contribution in [0, 0.1) is 11.7 Å². The fraction of sp³-hybridized carbons (Fsp3) is 0.412. The highest BCUT2D eigenvalue weighted by Gasteiger charge is 2.16. The highest BCUT2D eigenvalue weighted by molar-refractivity contribution is 7.71. The van der Waals surface area contributed by atoms with Crippen LogP contribution in [-0.2, 0) is 6.54 Å². The molecular formula is C17H22N2OS. The number of imidazole rings is 1. The first-order valence-electron chi connectivity index (χ1n) is 7.39. The molecule has 0 aliphatic carbocycles. The van der Waals surface area contributed by atoms with Crippen LogP contribution in [0.15, 0.2) is 30.4 Å². The molecule has 2 rings (SSSR count). The quantitative estimate of drug-likeness (QED) is 0.447. The van der Waals surface area contributed by atoms with Crippen molar-refractivity contribution in [3.8, 4) is 0 Å². The third-order valence-corrected chi connectivity index (χ3v) is 4.04. The van der Waals surface area contributed by atoms with Crippen LogP contribution in [0.4, 0.5) is 0 Å². The van der Waals surface area contributed by atoms with Crippen molar-refractivity contribution in [3.05, 3.63) is 40.7 Å². The zero-order valence-corrected chi connectivity index (χ0v) is 13.8. The second-order valence-electron chi connectivity index (χ2n) is 5.55. The van der Waals surface area contributed by atoms with Gasteiger partial charge in [0.1, 0.15) is 0 Å². The summed E-state index contributed by atoms with van der Waals surface area (Å²) in [5.74, 6) is -0.121. The first-order valence-corrected chi connectivity index (χ1v) is 7.80. The topological polar surface area (TPSA) is 26.9 Å². The third-order valence-electron chi connectivity index (χ3n) is 3.64. The van der Waals surface area contributed by atoms with E-state index in [2.05, 4.69) is 30.2 Å². The molecule has 0 atom stereocenters. The predicted molar refractivity (Wildman–Crippen MR) is 90.5 cm³/mol. The van der Waals surface area contributed by atoms with E-state index in [4.69, 9.17) is 12.2 Å². The van der Waals surface area contributed by atoms with Gasteiger partial charge in [0, 0.05) is 12.1 Å². The Morgan fingerprint density at radius 1 is 1.29 bits per heavy atom. The van der Waals surface area contributed by atoms with Crippen molar-refractivity contribution in [1.29, 1.82) is 0 Å². The number of rotatable bonds is 5. The standard InChI is InChI=1S/C17H22N2OS/c1-5-6-7-10-18-14-9-8-13(4)11-15(14)19(17(18)21)16(20)12(2)3/h8-9,11H,2,5-7,10H2,1,3-4H3. The molecule has 0 fully saturated rings. The van der Waals surface area contributed by atoms with E-state index in [1.807, 2.05) is 13.0 Å². The van der Waals surface area contributed by atoms with Crippen molar-refractivity contribution < 1.29 is 4.79 Å². The lowest BCUT2D eigenvalue weighted by Gasteiger charge is -2.03. The average molecular weight is 302 g/mol. The molecule has 112 valence electrons. The Bertz CT molecular complexity index is 752. The molecule has 3 nitrogen and oxygen atoms in total. The van der Waals surface area contributed by atoms with E-state index in [1.165, 1.54) is 0 Å². The molecule has 21 heavy (non-hydrogen) atoms. The molecule has 0 bridgehead atoms. The van der Waals surface area contributed by atoms with Crippen molar-refractivity contribution in [3.63, 3.8) is 0 Å². The smallest absolute Gasteiger partial charge is 0.259 e. The summed E-state index contributed by atoms with van der Waals surface area (Å²) in [6.07, 6.45) is 3.39. The van der Waals surface area contributed by atoms with Crippen LogP contribution < -0.4 is 0 Å². The predicted octanol–water partition coefficient (Wildman–Crippen LogP) is 4.89. The lowest BCUT2D eigenvalue weighted by molar-refractivity contribution is 0.0957. The number of fused-ring (bicyclic) bond motifs is 1. The van der Waals surface area contributed by atoms with E-state index in [-0.39, 0.29) is 5.91 Å². The van der Waals surface area contributed by atoms with Crippen LogP contribution >= 0.6 is 12.2 Å². The number of hydrogen-bond acceptors (Lipinski definition) is 2. The molecule has 0 spiro atoms. The summed E-state index contributed by atoms with van der Waals surface area (Å²) >= 11 is 5.55. The number of nitrogens with zero attached hydrogens (tertiary/aromatic N) is 2. The maximum atomic E-state index is 12.4. The second kappa shape index (κ2) is 6.39. The third kappa shape index (κ3) is 3.00. The van der Waals surface area contributed by atoms with Gasteiger partial charge < -0.3 is 4.57 Å². The first kappa shape index (κ1) is 15.7. The van der Waals surface area contributed by atoms with E-state index in [9.17, 15) is 4.79 Å². The maximum Gasteiger partial charge on any atom is 0.259 e. The lowest BCUT2D eigenvalue weighted by atomic mass is 10.2. The molecule has 0 aliphatic heterocycles. The Morgan fingerprint density at radius 2 is 2.00 bits per heavy atom. The summed E-state index contributed by atoms with van der Waals surface area (Å²) in [6, 6.07) is 6.12. The van der Waals surface area contributed by atoms with Gasteiger partial charge in [0.05, 0.1) is 11.0 Å². The van der Waals surface area contributed by atoms with Gasteiger partial charge in [-0.1, -0.05) is 32.4 Å². The van der Waals surface area contributed by atoms with Gasteiger partial charge in [-0.05, 0) is 50.2 Å². The number of carbonyl (C=O) groups excluding carboxylic acids is 1. The Morgan fingerprint density at radius 3 is 2.62 bits per heavy atom. The van der Waals surface area contributed by atoms with E-state index >= 15 is 0 Å². The highest BCUT2D eigenvalue weighted by atomic mass is 32.1.